The molecule has 0 aromatic rings. The molecule has 3 rings (SSSR count). The van der Waals surface area contributed by atoms with Gasteiger partial charge in [-0.3, -0.25) is 4.90 Å². The Morgan fingerprint density at radius 3 is 2.26 bits per heavy atom. The molecule has 5 heteroatoms. The number of nitriles is 1. The molecule has 2 bridgehead atoms. The average Bonchev–Trinajstić information content (AvgIpc) is 2.59. The van der Waals surface area contributed by atoms with E-state index in [1.165, 1.54) is 0 Å². The van der Waals surface area contributed by atoms with E-state index in [0.717, 1.165) is 38.9 Å². The number of likely N-dealkylation sites (tertiary alicyclic amines) is 2. The van der Waals surface area contributed by atoms with Crippen LogP contribution in [0.5, 0.6) is 0 Å². The lowest BCUT2D eigenvalue weighted by Crippen LogP contribution is -2.63. The quantitative estimate of drug-likeness (QED) is 0.715. The molecule has 3 aliphatic heterocycles. The summed E-state index contributed by atoms with van der Waals surface area (Å²) < 4.78 is 0. The van der Waals surface area contributed by atoms with Gasteiger partial charge in [-0.15, -0.1) is 0 Å². The molecule has 0 aromatic heterocycles. The van der Waals surface area contributed by atoms with Crippen molar-refractivity contribution in [1.82, 2.24) is 14.7 Å². The summed E-state index contributed by atoms with van der Waals surface area (Å²) in [5.41, 5.74) is 0. The number of fused-ring (bicyclic) bond motifs is 2. The van der Waals surface area contributed by atoms with Gasteiger partial charge >= 0.3 is 6.03 Å². The molecule has 2 amide bonds. The summed E-state index contributed by atoms with van der Waals surface area (Å²) >= 11 is 0. The van der Waals surface area contributed by atoms with E-state index < -0.39 is 0 Å². The first-order valence-corrected chi connectivity index (χ1v) is 7.34. The highest BCUT2D eigenvalue weighted by atomic mass is 16.2. The first-order valence-electron chi connectivity index (χ1n) is 7.34. The third-order valence-corrected chi connectivity index (χ3v) is 4.88. The van der Waals surface area contributed by atoms with Gasteiger partial charge in [-0.1, -0.05) is 0 Å². The maximum absolute atomic E-state index is 12.6. The largest absolute Gasteiger partial charge is 0.321 e. The monoisotopic (exact) mass is 262 g/mol. The highest BCUT2D eigenvalue weighted by molar-refractivity contribution is 5.77. The van der Waals surface area contributed by atoms with Crippen LogP contribution >= 0.6 is 0 Å². The Bertz CT molecular complexity index is 402. The molecule has 0 radical (unpaired) electrons. The van der Waals surface area contributed by atoms with Gasteiger partial charge in [0.2, 0.25) is 0 Å². The smallest absolute Gasteiger partial charge is 0.316 e. The Balaban J connectivity index is 1.70. The molecule has 3 saturated heterocycles. The predicted molar refractivity (Wildman–Crippen MR) is 71.5 cm³/mol. The molecule has 0 saturated carbocycles. The maximum atomic E-state index is 12.6. The van der Waals surface area contributed by atoms with E-state index in [1.807, 2.05) is 0 Å². The first-order chi connectivity index (χ1) is 9.11. The van der Waals surface area contributed by atoms with E-state index in [9.17, 15) is 4.79 Å². The van der Waals surface area contributed by atoms with Crippen LogP contribution in [0.2, 0.25) is 0 Å². The summed E-state index contributed by atoms with van der Waals surface area (Å²) in [5, 5.41) is 9.00. The topological polar surface area (TPSA) is 50.6 Å². The molecular weight excluding hydrogens is 240 g/mol. The summed E-state index contributed by atoms with van der Waals surface area (Å²) in [6.07, 6.45) is 3.07. The van der Waals surface area contributed by atoms with E-state index in [1.54, 1.807) is 4.90 Å². The molecule has 3 atom stereocenters. The molecule has 3 heterocycles. The van der Waals surface area contributed by atoms with Gasteiger partial charge in [0.15, 0.2) is 0 Å². The lowest BCUT2D eigenvalue weighted by atomic mass is 10.1. The van der Waals surface area contributed by atoms with Gasteiger partial charge < -0.3 is 9.80 Å². The fourth-order valence-corrected chi connectivity index (χ4v) is 3.57. The molecule has 0 N–H and O–H groups in total. The molecular formula is C14H22N4O. The molecule has 0 aromatic carbocycles. The Morgan fingerprint density at radius 2 is 1.84 bits per heavy atom. The van der Waals surface area contributed by atoms with Crippen LogP contribution in [0.15, 0.2) is 0 Å². The summed E-state index contributed by atoms with van der Waals surface area (Å²) in [6.45, 7) is 7.17. The zero-order chi connectivity index (χ0) is 13.6. The number of rotatable bonds is 1. The van der Waals surface area contributed by atoms with Crippen molar-refractivity contribution >= 4 is 6.03 Å². The van der Waals surface area contributed by atoms with Crippen molar-refractivity contribution in [3.63, 3.8) is 0 Å². The predicted octanol–water partition coefficient (Wildman–Crippen LogP) is 1.26. The van der Waals surface area contributed by atoms with Crippen LogP contribution < -0.4 is 0 Å². The number of hydrogen-bond acceptors (Lipinski definition) is 3. The van der Waals surface area contributed by atoms with Crippen LogP contribution in [-0.2, 0) is 0 Å². The second-order valence-corrected chi connectivity index (χ2v) is 6.25. The third kappa shape index (κ3) is 1.99. The van der Waals surface area contributed by atoms with E-state index in [2.05, 4.69) is 29.7 Å². The van der Waals surface area contributed by atoms with Gasteiger partial charge in [0, 0.05) is 37.8 Å². The fourth-order valence-electron chi connectivity index (χ4n) is 3.57. The van der Waals surface area contributed by atoms with Crippen molar-refractivity contribution in [3.05, 3.63) is 0 Å². The minimum absolute atomic E-state index is 0.105. The number of carbonyl (C=O) groups is 1. The van der Waals surface area contributed by atoms with E-state index >= 15 is 0 Å². The molecule has 5 nitrogen and oxygen atoms in total. The maximum Gasteiger partial charge on any atom is 0.321 e. The van der Waals surface area contributed by atoms with E-state index in [0.29, 0.717) is 18.1 Å². The van der Waals surface area contributed by atoms with Crippen LogP contribution in [-0.4, -0.2) is 64.5 Å². The summed E-state index contributed by atoms with van der Waals surface area (Å²) in [7, 11) is 0. The van der Waals surface area contributed by atoms with Gasteiger partial charge in [-0.2, -0.15) is 5.26 Å². The molecule has 3 aliphatic rings. The van der Waals surface area contributed by atoms with Crippen LogP contribution in [0, 0.1) is 11.3 Å². The number of piperazine rings is 1. The van der Waals surface area contributed by atoms with Crippen LogP contribution in [0.3, 0.4) is 0 Å². The average molecular weight is 262 g/mol. The first kappa shape index (κ1) is 12.7. The van der Waals surface area contributed by atoms with Gasteiger partial charge in [0.05, 0.1) is 6.07 Å². The third-order valence-electron chi connectivity index (χ3n) is 4.88. The Morgan fingerprint density at radius 1 is 1.21 bits per heavy atom. The van der Waals surface area contributed by atoms with Gasteiger partial charge in [0.25, 0.3) is 0 Å². The number of hydrogen-bond donors (Lipinski definition) is 0. The number of carbonyl (C=O) groups excluding carboxylic acids is 1. The van der Waals surface area contributed by atoms with Crippen molar-refractivity contribution in [2.24, 2.45) is 0 Å². The highest BCUT2D eigenvalue weighted by Gasteiger charge is 2.46. The van der Waals surface area contributed by atoms with Crippen molar-refractivity contribution in [3.8, 4) is 6.07 Å². The Labute approximate surface area is 114 Å². The van der Waals surface area contributed by atoms with Crippen LogP contribution in [0.4, 0.5) is 4.79 Å². The zero-order valence-electron chi connectivity index (χ0n) is 11.7. The fraction of sp³-hybridized carbons (Fsp3) is 0.857. The number of amides is 2. The van der Waals surface area contributed by atoms with Crippen LogP contribution in [0.25, 0.3) is 0 Å². The summed E-state index contributed by atoms with van der Waals surface area (Å²) in [6, 6.07) is 3.40. The molecule has 2 unspecified atom stereocenters. The van der Waals surface area contributed by atoms with Gasteiger partial charge in [-0.05, 0) is 33.1 Å². The lowest BCUT2D eigenvalue weighted by Gasteiger charge is -2.47. The number of urea groups is 1. The van der Waals surface area contributed by atoms with Crippen molar-refractivity contribution in [2.75, 3.05) is 19.6 Å². The SMILES string of the molecule is CC(C)N1CC2CCC(C1)N2C(=O)N1CC[C@H]1C#N. The molecule has 0 spiro atoms. The van der Waals surface area contributed by atoms with E-state index in [-0.39, 0.29) is 12.1 Å². The number of nitrogens with zero attached hydrogens (tertiary/aromatic N) is 4. The zero-order valence-corrected chi connectivity index (χ0v) is 11.7. The lowest BCUT2D eigenvalue weighted by molar-refractivity contribution is 0.0387. The molecule has 0 aliphatic carbocycles. The normalized spacial score (nSPS) is 34.3. The highest BCUT2D eigenvalue weighted by Crippen LogP contribution is 2.33. The van der Waals surface area contributed by atoms with Crippen molar-refractivity contribution in [1.29, 1.82) is 5.26 Å². The molecule has 3 fully saturated rings. The standard InChI is InChI=1S/C14H22N4O/c1-10(2)16-8-12-3-4-13(9-16)18(12)14(19)17-6-5-11(17)7-15/h10-13H,3-6,8-9H2,1-2H3/t11-,12?,13?/m0/s1. The second kappa shape index (κ2) is 4.68. The van der Waals surface area contributed by atoms with Crippen molar-refractivity contribution in [2.45, 2.75) is 57.3 Å². The summed E-state index contributed by atoms with van der Waals surface area (Å²) in [5.74, 6) is 0. The minimum Gasteiger partial charge on any atom is -0.316 e. The van der Waals surface area contributed by atoms with Gasteiger partial charge in [0.1, 0.15) is 6.04 Å². The van der Waals surface area contributed by atoms with Crippen LogP contribution in [0.1, 0.15) is 33.1 Å². The Kier molecular flexibility index (Phi) is 3.14. The second-order valence-electron chi connectivity index (χ2n) is 6.25. The van der Waals surface area contributed by atoms with Crippen molar-refractivity contribution < 1.29 is 4.79 Å². The molecule has 104 valence electrons. The molecule has 19 heavy (non-hydrogen) atoms. The van der Waals surface area contributed by atoms with Gasteiger partial charge in [-0.25, -0.2) is 4.79 Å². The minimum atomic E-state index is -0.185. The van der Waals surface area contributed by atoms with E-state index in [4.69, 9.17) is 5.26 Å². The summed E-state index contributed by atoms with van der Waals surface area (Å²) in [4.78, 5) is 18.9. The Hall–Kier alpha value is -1.28.